The van der Waals surface area contributed by atoms with Gasteiger partial charge in [-0.3, -0.25) is 9.59 Å². The zero-order chi connectivity index (χ0) is 15.7. The Labute approximate surface area is 120 Å². The summed E-state index contributed by atoms with van der Waals surface area (Å²) in [6, 6.07) is 5.42. The summed E-state index contributed by atoms with van der Waals surface area (Å²) in [5, 5.41) is 13.0. The fourth-order valence-electron chi connectivity index (χ4n) is 1.39. The molecule has 0 aromatic heterocycles. The van der Waals surface area contributed by atoms with Crippen LogP contribution in [0.15, 0.2) is 24.3 Å². The number of amides is 2. The smallest absolute Gasteiger partial charge is 0.329 e. The molecule has 0 heterocycles. The molecule has 0 saturated carbocycles. The monoisotopic (exact) mass is 298 g/mol. The molecule has 0 bridgehead atoms. The highest BCUT2D eigenvalue weighted by atomic mass is 19.1. The van der Waals surface area contributed by atoms with Gasteiger partial charge in [-0.2, -0.15) is 0 Å². The van der Waals surface area contributed by atoms with Crippen LogP contribution in [0.1, 0.15) is 10.4 Å². The highest BCUT2D eigenvalue weighted by molar-refractivity contribution is 5.96. The lowest BCUT2D eigenvalue weighted by Crippen LogP contribution is -2.38. The number of nitrogens with one attached hydrogen (secondary N) is 2. The first kappa shape index (κ1) is 16.6. The SMILES string of the molecule is O=C(O)COCCNC(=O)CNC(=O)c1ccccc1F. The number of ether oxygens (including phenoxy) is 1. The minimum atomic E-state index is -1.10. The van der Waals surface area contributed by atoms with Gasteiger partial charge in [-0.25, -0.2) is 9.18 Å². The van der Waals surface area contributed by atoms with Gasteiger partial charge < -0.3 is 20.5 Å². The summed E-state index contributed by atoms with van der Waals surface area (Å²) in [5.74, 6) is -2.94. The molecule has 7 nitrogen and oxygen atoms in total. The van der Waals surface area contributed by atoms with Crippen molar-refractivity contribution in [1.82, 2.24) is 10.6 Å². The average Bonchev–Trinajstić information content (AvgIpc) is 2.44. The first-order valence-electron chi connectivity index (χ1n) is 6.09. The maximum absolute atomic E-state index is 13.3. The number of hydrogen-bond donors (Lipinski definition) is 3. The Kier molecular flexibility index (Phi) is 6.82. The van der Waals surface area contributed by atoms with Gasteiger partial charge in [0.15, 0.2) is 0 Å². The molecule has 1 aromatic carbocycles. The van der Waals surface area contributed by atoms with Crippen LogP contribution in [0.3, 0.4) is 0 Å². The van der Waals surface area contributed by atoms with Crippen molar-refractivity contribution in [2.75, 3.05) is 26.3 Å². The topological polar surface area (TPSA) is 105 Å². The van der Waals surface area contributed by atoms with E-state index in [1.54, 1.807) is 0 Å². The molecule has 1 rings (SSSR count). The van der Waals surface area contributed by atoms with Crippen molar-refractivity contribution in [3.63, 3.8) is 0 Å². The predicted molar refractivity (Wildman–Crippen MR) is 70.2 cm³/mol. The molecule has 21 heavy (non-hydrogen) atoms. The van der Waals surface area contributed by atoms with E-state index in [-0.39, 0.29) is 25.3 Å². The van der Waals surface area contributed by atoms with E-state index in [0.29, 0.717) is 0 Å². The molecule has 0 fully saturated rings. The molecule has 0 saturated heterocycles. The number of halogens is 1. The number of rotatable bonds is 8. The average molecular weight is 298 g/mol. The first-order valence-corrected chi connectivity index (χ1v) is 6.09. The summed E-state index contributed by atoms with van der Waals surface area (Å²) >= 11 is 0. The van der Waals surface area contributed by atoms with E-state index in [4.69, 9.17) is 9.84 Å². The van der Waals surface area contributed by atoms with Gasteiger partial charge in [0.1, 0.15) is 12.4 Å². The Morgan fingerprint density at radius 2 is 1.90 bits per heavy atom. The van der Waals surface area contributed by atoms with Crippen LogP contribution in [-0.2, 0) is 14.3 Å². The molecule has 0 radical (unpaired) electrons. The van der Waals surface area contributed by atoms with E-state index in [1.165, 1.54) is 18.2 Å². The summed E-state index contributed by atoms with van der Waals surface area (Å²) in [6.45, 7) is -0.604. The highest BCUT2D eigenvalue weighted by Crippen LogP contribution is 2.05. The van der Waals surface area contributed by atoms with E-state index in [2.05, 4.69) is 10.6 Å². The number of carbonyl (C=O) groups excluding carboxylic acids is 2. The third kappa shape index (κ3) is 6.48. The molecular formula is C13H15FN2O5. The van der Waals surface area contributed by atoms with E-state index >= 15 is 0 Å². The van der Waals surface area contributed by atoms with Gasteiger partial charge in [0, 0.05) is 6.54 Å². The van der Waals surface area contributed by atoms with Crippen LogP contribution < -0.4 is 10.6 Å². The van der Waals surface area contributed by atoms with Crippen molar-refractivity contribution in [3.05, 3.63) is 35.6 Å². The van der Waals surface area contributed by atoms with Crippen LogP contribution in [-0.4, -0.2) is 49.2 Å². The number of hydrogen-bond acceptors (Lipinski definition) is 4. The molecular weight excluding hydrogens is 283 g/mol. The maximum Gasteiger partial charge on any atom is 0.329 e. The summed E-state index contributed by atoms with van der Waals surface area (Å²) in [7, 11) is 0. The molecule has 0 spiro atoms. The molecule has 0 atom stereocenters. The Balaban J connectivity index is 2.22. The molecule has 1 aromatic rings. The number of aliphatic carboxylic acids is 1. The van der Waals surface area contributed by atoms with Crippen molar-refractivity contribution in [2.45, 2.75) is 0 Å². The standard InChI is InChI=1S/C13H15FN2O5/c14-10-4-2-1-3-9(10)13(20)16-7-11(17)15-5-6-21-8-12(18)19/h1-4H,5-8H2,(H,15,17)(H,16,20)(H,18,19). The number of carboxylic acid groups (broad SMARTS) is 1. The molecule has 0 aliphatic carbocycles. The number of carboxylic acids is 1. The molecule has 3 N–H and O–H groups in total. The first-order chi connectivity index (χ1) is 10.0. The molecule has 0 aliphatic heterocycles. The van der Waals surface area contributed by atoms with E-state index in [1.807, 2.05) is 0 Å². The van der Waals surface area contributed by atoms with Crippen molar-refractivity contribution in [1.29, 1.82) is 0 Å². The van der Waals surface area contributed by atoms with Gasteiger partial charge in [-0.15, -0.1) is 0 Å². The lowest BCUT2D eigenvalue weighted by atomic mass is 10.2. The quantitative estimate of drug-likeness (QED) is 0.575. The van der Waals surface area contributed by atoms with Gasteiger partial charge >= 0.3 is 5.97 Å². The Morgan fingerprint density at radius 1 is 1.19 bits per heavy atom. The van der Waals surface area contributed by atoms with Gasteiger partial charge in [0.05, 0.1) is 18.7 Å². The van der Waals surface area contributed by atoms with E-state index < -0.39 is 30.2 Å². The molecule has 0 aliphatic rings. The fraction of sp³-hybridized carbons (Fsp3) is 0.308. The normalized spacial score (nSPS) is 9.95. The number of carbonyl (C=O) groups is 3. The maximum atomic E-state index is 13.3. The van der Waals surface area contributed by atoms with E-state index in [9.17, 15) is 18.8 Å². The zero-order valence-electron chi connectivity index (χ0n) is 11.1. The lowest BCUT2D eigenvalue weighted by molar-refractivity contribution is -0.142. The summed E-state index contributed by atoms with van der Waals surface area (Å²) in [6.07, 6.45) is 0. The second kappa shape index (κ2) is 8.64. The predicted octanol–water partition coefficient (Wildman–Crippen LogP) is -0.227. The fourth-order valence-corrected chi connectivity index (χ4v) is 1.39. The van der Waals surface area contributed by atoms with Crippen LogP contribution in [0.4, 0.5) is 4.39 Å². The largest absolute Gasteiger partial charge is 0.480 e. The van der Waals surface area contributed by atoms with E-state index in [0.717, 1.165) is 6.07 Å². The third-order valence-corrected chi connectivity index (χ3v) is 2.32. The molecule has 114 valence electrons. The Morgan fingerprint density at radius 3 is 2.57 bits per heavy atom. The van der Waals surface area contributed by atoms with Crippen LogP contribution in [0, 0.1) is 5.82 Å². The number of benzene rings is 1. The van der Waals surface area contributed by atoms with Gasteiger partial charge in [-0.05, 0) is 12.1 Å². The van der Waals surface area contributed by atoms with Crippen molar-refractivity contribution < 1.29 is 28.6 Å². The lowest BCUT2D eigenvalue weighted by Gasteiger charge is -2.07. The highest BCUT2D eigenvalue weighted by Gasteiger charge is 2.11. The van der Waals surface area contributed by atoms with Crippen LogP contribution in [0.5, 0.6) is 0 Å². The molecule has 2 amide bonds. The zero-order valence-corrected chi connectivity index (χ0v) is 11.1. The minimum Gasteiger partial charge on any atom is -0.480 e. The molecule has 8 heteroatoms. The van der Waals surface area contributed by atoms with Gasteiger partial charge in [-0.1, -0.05) is 12.1 Å². The second-order valence-electron chi connectivity index (χ2n) is 3.96. The van der Waals surface area contributed by atoms with Gasteiger partial charge in [0.2, 0.25) is 5.91 Å². The van der Waals surface area contributed by atoms with Gasteiger partial charge in [0.25, 0.3) is 5.91 Å². The van der Waals surface area contributed by atoms with Crippen LogP contribution >= 0.6 is 0 Å². The van der Waals surface area contributed by atoms with Crippen LogP contribution in [0.25, 0.3) is 0 Å². The van der Waals surface area contributed by atoms with Crippen molar-refractivity contribution in [3.8, 4) is 0 Å². The minimum absolute atomic E-state index is 0.0410. The van der Waals surface area contributed by atoms with Crippen molar-refractivity contribution >= 4 is 17.8 Å². The summed E-state index contributed by atoms with van der Waals surface area (Å²) < 4.78 is 18.0. The van der Waals surface area contributed by atoms with Crippen molar-refractivity contribution in [2.24, 2.45) is 0 Å². The molecule has 0 unspecified atom stereocenters. The Hall–Kier alpha value is -2.48. The van der Waals surface area contributed by atoms with Crippen LogP contribution in [0.2, 0.25) is 0 Å². The third-order valence-electron chi connectivity index (χ3n) is 2.32. The summed E-state index contributed by atoms with van der Waals surface area (Å²) in [5.41, 5.74) is -0.143. The Bertz CT molecular complexity index is 521. The second-order valence-corrected chi connectivity index (χ2v) is 3.96. The summed E-state index contributed by atoms with van der Waals surface area (Å²) in [4.78, 5) is 33.1.